The van der Waals surface area contributed by atoms with Gasteiger partial charge in [0.15, 0.2) is 0 Å². The first-order valence-electron chi connectivity index (χ1n) is 5.60. The summed E-state index contributed by atoms with van der Waals surface area (Å²) in [6.07, 6.45) is 0. The predicted octanol–water partition coefficient (Wildman–Crippen LogP) is 3.32. The second kappa shape index (κ2) is 5.69. The van der Waals surface area contributed by atoms with Gasteiger partial charge in [-0.05, 0) is 13.0 Å². The van der Waals surface area contributed by atoms with Crippen molar-refractivity contribution < 1.29 is 9.53 Å². The lowest BCUT2D eigenvalue weighted by molar-refractivity contribution is 0.0910. The fourth-order valence-electron chi connectivity index (χ4n) is 1.74. The number of halogens is 1. The number of carbonyl (C=O) groups is 1. The van der Waals surface area contributed by atoms with Gasteiger partial charge in [0.05, 0.1) is 11.6 Å². The average molecular weight is 284 g/mol. The number of benzene rings is 1. The van der Waals surface area contributed by atoms with Crippen molar-refractivity contribution in [2.75, 3.05) is 13.7 Å². The Kier molecular flexibility index (Phi) is 4.22. The highest BCUT2D eigenvalue weighted by Gasteiger charge is 2.18. The first kappa shape index (κ1) is 13.3. The Bertz CT molecular complexity index is 567. The van der Waals surface area contributed by atoms with Gasteiger partial charge in [-0.15, -0.1) is 11.3 Å². The number of hydrogen-bond acceptors (Lipinski definition) is 3. The van der Waals surface area contributed by atoms with Crippen LogP contribution in [0.4, 0.5) is 0 Å². The Balaban J connectivity index is 2.25. The Morgan fingerprint density at radius 2 is 2.22 bits per heavy atom. The number of methoxy groups -OCH3 is 1. The van der Waals surface area contributed by atoms with Crippen molar-refractivity contribution in [3.63, 3.8) is 0 Å². The molecule has 18 heavy (non-hydrogen) atoms. The standard InChI is InChI=1S/C13H14ClNO2S/c1-8(7-17-2)15-13(16)12-11(14)9-5-3-4-6-10(9)18-12/h3-6,8H,7H2,1-2H3,(H,15,16). The molecule has 2 rings (SSSR count). The number of amides is 1. The van der Waals surface area contributed by atoms with Crippen LogP contribution in [-0.4, -0.2) is 25.7 Å². The minimum atomic E-state index is -0.147. The van der Waals surface area contributed by atoms with E-state index in [-0.39, 0.29) is 11.9 Å². The smallest absolute Gasteiger partial charge is 0.263 e. The van der Waals surface area contributed by atoms with Gasteiger partial charge in [-0.25, -0.2) is 0 Å². The quantitative estimate of drug-likeness (QED) is 0.935. The second-order valence-electron chi connectivity index (χ2n) is 4.07. The zero-order valence-electron chi connectivity index (χ0n) is 10.2. The zero-order valence-corrected chi connectivity index (χ0v) is 11.8. The van der Waals surface area contributed by atoms with Crippen LogP contribution in [0.5, 0.6) is 0 Å². The number of carbonyl (C=O) groups excluding carboxylic acids is 1. The normalized spacial score (nSPS) is 12.6. The summed E-state index contributed by atoms with van der Waals surface area (Å²) >= 11 is 7.64. The molecule has 5 heteroatoms. The van der Waals surface area contributed by atoms with Gasteiger partial charge in [0.1, 0.15) is 4.88 Å². The van der Waals surface area contributed by atoms with E-state index in [0.29, 0.717) is 16.5 Å². The molecule has 1 aromatic heterocycles. The zero-order chi connectivity index (χ0) is 13.1. The fourth-order valence-corrected chi connectivity index (χ4v) is 3.16. The summed E-state index contributed by atoms with van der Waals surface area (Å²) in [5.74, 6) is -0.147. The maximum atomic E-state index is 12.1. The summed E-state index contributed by atoms with van der Waals surface area (Å²) in [6.45, 7) is 2.37. The Morgan fingerprint density at radius 1 is 1.50 bits per heavy atom. The predicted molar refractivity (Wildman–Crippen MR) is 75.6 cm³/mol. The van der Waals surface area contributed by atoms with E-state index >= 15 is 0 Å². The maximum Gasteiger partial charge on any atom is 0.263 e. The summed E-state index contributed by atoms with van der Waals surface area (Å²) in [5.41, 5.74) is 0. The molecule has 0 aliphatic carbocycles. The van der Waals surface area contributed by atoms with Crippen LogP contribution in [0, 0.1) is 0 Å². The minimum Gasteiger partial charge on any atom is -0.383 e. The van der Waals surface area contributed by atoms with Gasteiger partial charge in [0.25, 0.3) is 5.91 Å². The number of fused-ring (bicyclic) bond motifs is 1. The van der Waals surface area contributed by atoms with Crippen molar-refractivity contribution in [1.29, 1.82) is 0 Å². The molecule has 0 saturated carbocycles. The SMILES string of the molecule is COCC(C)NC(=O)c1sc2ccccc2c1Cl. The number of ether oxygens (including phenoxy) is 1. The first-order valence-corrected chi connectivity index (χ1v) is 6.79. The van der Waals surface area contributed by atoms with Gasteiger partial charge >= 0.3 is 0 Å². The first-order chi connectivity index (χ1) is 8.63. The van der Waals surface area contributed by atoms with E-state index in [1.54, 1.807) is 7.11 Å². The largest absolute Gasteiger partial charge is 0.383 e. The van der Waals surface area contributed by atoms with Crippen LogP contribution in [0.2, 0.25) is 5.02 Å². The van der Waals surface area contributed by atoms with Crippen molar-refractivity contribution in [2.24, 2.45) is 0 Å². The van der Waals surface area contributed by atoms with E-state index in [1.165, 1.54) is 11.3 Å². The number of thiophene rings is 1. The van der Waals surface area contributed by atoms with Crippen molar-refractivity contribution in [3.8, 4) is 0 Å². The molecule has 1 N–H and O–H groups in total. The molecule has 0 radical (unpaired) electrons. The lowest BCUT2D eigenvalue weighted by atomic mass is 10.2. The van der Waals surface area contributed by atoms with Gasteiger partial charge in [-0.2, -0.15) is 0 Å². The van der Waals surface area contributed by atoms with Crippen LogP contribution in [0.25, 0.3) is 10.1 Å². The van der Waals surface area contributed by atoms with Crippen molar-refractivity contribution in [3.05, 3.63) is 34.2 Å². The molecular formula is C13H14ClNO2S. The van der Waals surface area contributed by atoms with Gasteiger partial charge in [-0.3, -0.25) is 4.79 Å². The third-order valence-electron chi connectivity index (χ3n) is 2.54. The summed E-state index contributed by atoms with van der Waals surface area (Å²) < 4.78 is 6.01. The molecule has 1 aromatic carbocycles. The third-order valence-corrected chi connectivity index (χ3v) is 4.21. The Labute approximate surface area is 115 Å². The fraction of sp³-hybridized carbons (Fsp3) is 0.308. The van der Waals surface area contributed by atoms with Gasteiger partial charge in [-0.1, -0.05) is 29.8 Å². The Morgan fingerprint density at radius 3 is 2.89 bits per heavy atom. The summed E-state index contributed by atoms with van der Waals surface area (Å²) in [6, 6.07) is 7.69. The van der Waals surface area contributed by atoms with Crippen LogP contribution in [0.15, 0.2) is 24.3 Å². The molecule has 0 spiro atoms. The number of rotatable bonds is 4. The van der Waals surface area contributed by atoms with E-state index in [1.807, 2.05) is 31.2 Å². The molecule has 0 aliphatic heterocycles. The summed E-state index contributed by atoms with van der Waals surface area (Å²) in [7, 11) is 1.61. The molecule has 0 aliphatic rings. The molecule has 0 saturated heterocycles. The van der Waals surface area contributed by atoms with E-state index in [4.69, 9.17) is 16.3 Å². The van der Waals surface area contributed by atoms with Gasteiger partial charge < -0.3 is 10.1 Å². The monoisotopic (exact) mass is 283 g/mol. The maximum absolute atomic E-state index is 12.1. The highest BCUT2D eigenvalue weighted by atomic mass is 35.5. The summed E-state index contributed by atoms with van der Waals surface area (Å²) in [4.78, 5) is 12.6. The number of hydrogen-bond donors (Lipinski definition) is 1. The highest BCUT2D eigenvalue weighted by Crippen LogP contribution is 2.34. The molecule has 1 atom stereocenters. The molecule has 96 valence electrons. The van der Waals surface area contributed by atoms with Crippen molar-refractivity contribution >= 4 is 38.9 Å². The minimum absolute atomic E-state index is 0.0382. The molecule has 0 bridgehead atoms. The lowest BCUT2D eigenvalue weighted by Gasteiger charge is -2.11. The lowest BCUT2D eigenvalue weighted by Crippen LogP contribution is -2.35. The van der Waals surface area contributed by atoms with E-state index in [9.17, 15) is 4.79 Å². The molecule has 2 aromatic rings. The van der Waals surface area contributed by atoms with E-state index < -0.39 is 0 Å². The van der Waals surface area contributed by atoms with Crippen LogP contribution >= 0.6 is 22.9 Å². The highest BCUT2D eigenvalue weighted by molar-refractivity contribution is 7.21. The number of nitrogens with one attached hydrogen (secondary N) is 1. The average Bonchev–Trinajstić information content (AvgIpc) is 2.68. The van der Waals surface area contributed by atoms with E-state index in [2.05, 4.69) is 5.32 Å². The van der Waals surface area contributed by atoms with Crippen molar-refractivity contribution in [2.45, 2.75) is 13.0 Å². The Hall–Kier alpha value is -1.10. The molecule has 1 heterocycles. The van der Waals surface area contributed by atoms with Crippen LogP contribution in [0.3, 0.4) is 0 Å². The second-order valence-corrected chi connectivity index (χ2v) is 5.50. The van der Waals surface area contributed by atoms with Crippen molar-refractivity contribution in [1.82, 2.24) is 5.32 Å². The van der Waals surface area contributed by atoms with Crippen LogP contribution in [-0.2, 0) is 4.74 Å². The molecule has 3 nitrogen and oxygen atoms in total. The van der Waals surface area contributed by atoms with Gasteiger partial charge in [0.2, 0.25) is 0 Å². The van der Waals surface area contributed by atoms with Crippen LogP contribution in [0.1, 0.15) is 16.6 Å². The van der Waals surface area contributed by atoms with E-state index in [0.717, 1.165) is 10.1 Å². The molecule has 1 unspecified atom stereocenters. The molecule has 1 amide bonds. The summed E-state index contributed by atoms with van der Waals surface area (Å²) in [5, 5.41) is 4.31. The van der Waals surface area contributed by atoms with Gasteiger partial charge in [0, 0.05) is 23.2 Å². The molecule has 0 fully saturated rings. The topological polar surface area (TPSA) is 38.3 Å². The third kappa shape index (κ3) is 2.66. The van der Waals surface area contributed by atoms with Crippen LogP contribution < -0.4 is 5.32 Å². The molecular weight excluding hydrogens is 270 g/mol.